The monoisotopic (exact) mass is 246 g/mol. The number of nitrogens with zero attached hydrogens (tertiary/aromatic N) is 1. The minimum Gasteiger partial charge on any atom is -0.309 e. The maximum absolute atomic E-state index is 8.75. The fourth-order valence-electron chi connectivity index (χ4n) is 1.90. The SMILES string of the molecule is CSC1(CNC(C)c2ccc(C#N)cc2)CC1. The summed E-state index contributed by atoms with van der Waals surface area (Å²) >= 11 is 1.98. The normalized spacial score (nSPS) is 18.4. The van der Waals surface area contributed by atoms with Gasteiger partial charge in [-0.3, -0.25) is 0 Å². The zero-order valence-corrected chi connectivity index (χ0v) is 11.2. The van der Waals surface area contributed by atoms with Crippen LogP contribution < -0.4 is 5.32 Å². The van der Waals surface area contributed by atoms with E-state index in [1.54, 1.807) is 0 Å². The summed E-state index contributed by atoms with van der Waals surface area (Å²) in [6.07, 6.45) is 4.86. The Morgan fingerprint density at radius 1 is 1.41 bits per heavy atom. The summed E-state index contributed by atoms with van der Waals surface area (Å²) in [5, 5.41) is 12.3. The molecule has 1 aliphatic carbocycles. The minimum absolute atomic E-state index is 0.354. The highest BCUT2D eigenvalue weighted by Crippen LogP contribution is 2.46. The van der Waals surface area contributed by atoms with Crippen molar-refractivity contribution in [3.05, 3.63) is 35.4 Å². The van der Waals surface area contributed by atoms with Crippen LogP contribution >= 0.6 is 11.8 Å². The van der Waals surface area contributed by atoms with Gasteiger partial charge < -0.3 is 5.32 Å². The molecule has 1 aromatic carbocycles. The highest BCUT2D eigenvalue weighted by atomic mass is 32.2. The molecule has 0 heterocycles. The van der Waals surface area contributed by atoms with Gasteiger partial charge in [-0.15, -0.1) is 0 Å². The van der Waals surface area contributed by atoms with E-state index in [4.69, 9.17) is 5.26 Å². The van der Waals surface area contributed by atoms with Gasteiger partial charge in [0.15, 0.2) is 0 Å². The van der Waals surface area contributed by atoms with E-state index in [9.17, 15) is 0 Å². The molecular formula is C14H18N2S. The lowest BCUT2D eigenvalue weighted by molar-refractivity contribution is 0.563. The average molecular weight is 246 g/mol. The molecule has 1 aromatic rings. The first-order valence-electron chi connectivity index (χ1n) is 5.98. The van der Waals surface area contributed by atoms with E-state index in [2.05, 4.69) is 24.6 Å². The van der Waals surface area contributed by atoms with Gasteiger partial charge in [0.25, 0.3) is 0 Å². The summed E-state index contributed by atoms with van der Waals surface area (Å²) in [5.74, 6) is 0. The van der Waals surface area contributed by atoms with E-state index >= 15 is 0 Å². The number of thioether (sulfide) groups is 1. The third-order valence-electron chi connectivity index (χ3n) is 3.51. The van der Waals surface area contributed by atoms with Crippen molar-refractivity contribution in [2.75, 3.05) is 12.8 Å². The third kappa shape index (κ3) is 3.02. The standard InChI is InChI=1S/C14H18N2S/c1-11(16-10-14(17-2)7-8-14)13-5-3-12(9-15)4-6-13/h3-6,11,16H,7-8,10H2,1-2H3. The van der Waals surface area contributed by atoms with E-state index in [0.29, 0.717) is 10.8 Å². The Morgan fingerprint density at radius 2 is 2.06 bits per heavy atom. The first-order chi connectivity index (χ1) is 8.19. The molecular weight excluding hydrogens is 228 g/mol. The van der Waals surface area contributed by atoms with Crippen LogP contribution in [0.3, 0.4) is 0 Å². The zero-order chi connectivity index (χ0) is 12.3. The Morgan fingerprint density at radius 3 is 2.53 bits per heavy atom. The molecule has 3 heteroatoms. The molecule has 1 fully saturated rings. The summed E-state index contributed by atoms with van der Waals surface area (Å²) in [6.45, 7) is 3.26. The molecule has 0 aromatic heterocycles. The number of hydrogen-bond donors (Lipinski definition) is 1. The molecule has 0 saturated heterocycles. The van der Waals surface area contributed by atoms with Gasteiger partial charge in [-0.2, -0.15) is 17.0 Å². The van der Waals surface area contributed by atoms with Crippen molar-refractivity contribution in [2.45, 2.75) is 30.6 Å². The number of nitrogens with one attached hydrogen (secondary N) is 1. The lowest BCUT2D eigenvalue weighted by Crippen LogP contribution is -2.28. The van der Waals surface area contributed by atoms with Crippen LogP contribution in [0.15, 0.2) is 24.3 Å². The van der Waals surface area contributed by atoms with E-state index in [-0.39, 0.29) is 0 Å². The summed E-state index contributed by atoms with van der Waals surface area (Å²) in [6, 6.07) is 10.3. The largest absolute Gasteiger partial charge is 0.309 e. The Balaban J connectivity index is 1.90. The van der Waals surface area contributed by atoms with Gasteiger partial charge >= 0.3 is 0 Å². The molecule has 1 unspecified atom stereocenters. The molecule has 1 saturated carbocycles. The molecule has 2 rings (SSSR count). The second-order valence-corrected chi connectivity index (χ2v) is 6.00. The summed E-state index contributed by atoms with van der Waals surface area (Å²) in [5.41, 5.74) is 1.98. The molecule has 1 atom stereocenters. The summed E-state index contributed by atoms with van der Waals surface area (Å²) in [7, 11) is 0. The minimum atomic E-state index is 0.354. The Hall–Kier alpha value is -0.980. The third-order valence-corrected chi connectivity index (χ3v) is 4.93. The molecule has 1 aliphatic rings. The molecule has 1 N–H and O–H groups in total. The van der Waals surface area contributed by atoms with Gasteiger partial charge in [0.05, 0.1) is 11.6 Å². The maximum Gasteiger partial charge on any atom is 0.0991 e. The van der Waals surface area contributed by atoms with Crippen molar-refractivity contribution in [1.29, 1.82) is 5.26 Å². The zero-order valence-electron chi connectivity index (χ0n) is 10.4. The van der Waals surface area contributed by atoms with Gasteiger partial charge in [-0.1, -0.05) is 12.1 Å². The maximum atomic E-state index is 8.75. The smallest absolute Gasteiger partial charge is 0.0991 e. The van der Waals surface area contributed by atoms with Gasteiger partial charge in [0.2, 0.25) is 0 Å². The van der Waals surface area contributed by atoms with Crippen LogP contribution in [0.4, 0.5) is 0 Å². The van der Waals surface area contributed by atoms with Crippen molar-refractivity contribution in [3.8, 4) is 6.07 Å². The predicted octanol–water partition coefficient (Wildman–Crippen LogP) is 3.10. The molecule has 2 nitrogen and oxygen atoms in total. The van der Waals surface area contributed by atoms with E-state index in [1.807, 2.05) is 36.0 Å². The highest BCUT2D eigenvalue weighted by molar-refractivity contribution is 8.00. The van der Waals surface area contributed by atoms with Crippen molar-refractivity contribution in [1.82, 2.24) is 5.32 Å². The van der Waals surface area contributed by atoms with Crippen molar-refractivity contribution < 1.29 is 0 Å². The molecule has 0 amide bonds. The van der Waals surface area contributed by atoms with E-state index in [1.165, 1.54) is 18.4 Å². The molecule has 0 radical (unpaired) electrons. The molecule has 0 bridgehead atoms. The average Bonchev–Trinajstić information content (AvgIpc) is 3.17. The lowest BCUT2D eigenvalue weighted by Gasteiger charge is -2.18. The van der Waals surface area contributed by atoms with Gasteiger partial charge in [0, 0.05) is 17.3 Å². The Kier molecular flexibility index (Phi) is 3.76. The number of benzene rings is 1. The van der Waals surface area contributed by atoms with Crippen LogP contribution in [0.5, 0.6) is 0 Å². The van der Waals surface area contributed by atoms with Crippen LogP contribution in [-0.4, -0.2) is 17.5 Å². The van der Waals surface area contributed by atoms with Crippen LogP contribution in [0.1, 0.15) is 36.9 Å². The van der Waals surface area contributed by atoms with Crippen molar-refractivity contribution in [2.24, 2.45) is 0 Å². The quantitative estimate of drug-likeness (QED) is 0.867. The number of hydrogen-bond acceptors (Lipinski definition) is 3. The highest BCUT2D eigenvalue weighted by Gasteiger charge is 2.41. The van der Waals surface area contributed by atoms with Gasteiger partial charge in [-0.05, 0) is 43.7 Å². The van der Waals surface area contributed by atoms with Crippen molar-refractivity contribution >= 4 is 11.8 Å². The van der Waals surface area contributed by atoms with Crippen LogP contribution in [-0.2, 0) is 0 Å². The summed E-state index contributed by atoms with van der Waals surface area (Å²) < 4.78 is 0.501. The first kappa shape index (κ1) is 12.5. The second kappa shape index (κ2) is 5.12. The molecule has 17 heavy (non-hydrogen) atoms. The fourth-order valence-corrected chi connectivity index (χ4v) is 2.63. The van der Waals surface area contributed by atoms with Crippen LogP contribution in [0.25, 0.3) is 0 Å². The number of rotatable bonds is 5. The Labute approximate surface area is 107 Å². The second-order valence-electron chi connectivity index (χ2n) is 4.72. The molecule has 0 aliphatic heterocycles. The number of nitriles is 1. The van der Waals surface area contributed by atoms with Crippen LogP contribution in [0.2, 0.25) is 0 Å². The first-order valence-corrected chi connectivity index (χ1v) is 7.20. The van der Waals surface area contributed by atoms with Gasteiger partial charge in [0.1, 0.15) is 0 Å². The summed E-state index contributed by atoms with van der Waals surface area (Å²) in [4.78, 5) is 0. The topological polar surface area (TPSA) is 35.8 Å². The van der Waals surface area contributed by atoms with E-state index in [0.717, 1.165) is 12.1 Å². The van der Waals surface area contributed by atoms with Crippen molar-refractivity contribution in [3.63, 3.8) is 0 Å². The Bertz CT molecular complexity index is 415. The molecule has 90 valence electrons. The predicted molar refractivity (Wildman–Crippen MR) is 73.1 cm³/mol. The lowest BCUT2D eigenvalue weighted by atomic mass is 10.1. The molecule has 0 spiro atoms. The van der Waals surface area contributed by atoms with E-state index < -0.39 is 0 Å². The van der Waals surface area contributed by atoms with Crippen LogP contribution in [0, 0.1) is 11.3 Å². The fraction of sp³-hybridized carbons (Fsp3) is 0.500. The van der Waals surface area contributed by atoms with Gasteiger partial charge in [-0.25, -0.2) is 0 Å².